The summed E-state index contributed by atoms with van der Waals surface area (Å²) in [6.07, 6.45) is 0. The molecule has 0 N–H and O–H groups in total. The van der Waals surface area contributed by atoms with Crippen molar-refractivity contribution >= 4 is 46.6 Å². The number of halogens is 1. The van der Waals surface area contributed by atoms with Crippen LogP contribution in [0.3, 0.4) is 0 Å². The van der Waals surface area contributed by atoms with Crippen molar-refractivity contribution in [3.63, 3.8) is 0 Å². The van der Waals surface area contributed by atoms with E-state index in [2.05, 4.69) is 4.99 Å². The van der Waals surface area contributed by atoms with Crippen LogP contribution in [0.15, 0.2) is 102 Å². The molecule has 0 atom stereocenters. The van der Waals surface area contributed by atoms with Crippen LogP contribution in [0.4, 0.5) is 11.4 Å². The smallest absolute Gasteiger partial charge is 0.858 e. The molecule has 0 spiro atoms. The standard InChI is InChI=1S/C15H10N2O4.C8H5NO2.C7H6ClNO2.K/c18-14-12-6-1-2-7-13(12)15(19)16(14)9-10-4-3-5-11(8-10)17(20)21;10-7-5-3-1-2-4-6(5)8(11)9-7;8-5-6-2-1-3-7(4-6)9(10)11;/h1-8H,9H2;1-4H,(H,9,10,11);1-4H,5H2;/q;;;+1/p-1. The summed E-state index contributed by atoms with van der Waals surface area (Å²) in [6.45, 7) is 0.0219. The first-order chi connectivity index (χ1) is 20.6. The van der Waals surface area contributed by atoms with Crippen molar-refractivity contribution < 1.29 is 80.7 Å². The Morgan fingerprint density at radius 3 is 1.59 bits per heavy atom. The number of benzene rings is 4. The second kappa shape index (κ2) is 15.6. The molecule has 0 bridgehead atoms. The number of carbonyl (C=O) groups excluding carboxylic acids is 3. The molecule has 4 aromatic carbocycles. The zero-order chi connectivity index (χ0) is 31.1. The van der Waals surface area contributed by atoms with Gasteiger partial charge in [-0.15, -0.1) is 11.6 Å². The van der Waals surface area contributed by atoms with Gasteiger partial charge in [-0.3, -0.25) is 39.5 Å². The first-order valence-corrected chi connectivity index (χ1v) is 13.0. The van der Waals surface area contributed by atoms with E-state index in [1.807, 2.05) is 0 Å². The average molecular weight is 639 g/mol. The number of nitrogens with zero attached hydrogens (tertiary/aromatic N) is 4. The number of alkyl halides is 1. The molecule has 2 aliphatic rings. The van der Waals surface area contributed by atoms with Crippen LogP contribution in [0.1, 0.15) is 47.8 Å². The Kier molecular flexibility index (Phi) is 12.2. The molecule has 6 rings (SSSR count). The van der Waals surface area contributed by atoms with Gasteiger partial charge in [-0.25, -0.2) is 4.99 Å². The fourth-order valence-electron chi connectivity index (χ4n) is 4.16. The number of fused-ring (bicyclic) bond motifs is 2. The van der Waals surface area contributed by atoms with Gasteiger partial charge in [-0.05, 0) is 40.8 Å². The van der Waals surface area contributed by atoms with Crippen LogP contribution in [0.2, 0.25) is 0 Å². The number of hydrogen-bond donors (Lipinski definition) is 0. The monoisotopic (exact) mass is 638 g/mol. The van der Waals surface area contributed by atoms with Gasteiger partial charge in [0.2, 0.25) is 0 Å². The minimum atomic E-state index is -0.508. The third kappa shape index (κ3) is 8.08. The van der Waals surface area contributed by atoms with Crippen LogP contribution in [0.25, 0.3) is 0 Å². The van der Waals surface area contributed by atoms with Gasteiger partial charge in [-0.1, -0.05) is 54.6 Å². The molecule has 0 aliphatic carbocycles. The van der Waals surface area contributed by atoms with Gasteiger partial charge in [0.05, 0.1) is 27.5 Å². The first kappa shape index (κ1) is 34.4. The van der Waals surface area contributed by atoms with Crippen molar-refractivity contribution in [2.45, 2.75) is 12.4 Å². The van der Waals surface area contributed by atoms with E-state index in [9.17, 15) is 39.7 Å². The minimum Gasteiger partial charge on any atom is -0.858 e. The summed E-state index contributed by atoms with van der Waals surface area (Å²) in [5.74, 6) is -1.29. The minimum absolute atomic E-state index is 0. The molecular formula is C30H20ClKN4O8. The average Bonchev–Trinajstić information content (AvgIpc) is 3.45. The summed E-state index contributed by atoms with van der Waals surface area (Å²) < 4.78 is 0. The van der Waals surface area contributed by atoms with Gasteiger partial charge < -0.3 is 5.11 Å². The molecule has 14 heteroatoms. The molecule has 0 unspecified atom stereocenters. The number of amides is 3. The summed E-state index contributed by atoms with van der Waals surface area (Å²) in [7, 11) is 0. The van der Waals surface area contributed by atoms with Crippen LogP contribution < -0.4 is 56.5 Å². The van der Waals surface area contributed by atoms with Gasteiger partial charge in [0.15, 0.2) is 0 Å². The summed E-state index contributed by atoms with van der Waals surface area (Å²) in [5.41, 5.74) is 2.89. The summed E-state index contributed by atoms with van der Waals surface area (Å²) in [4.78, 5) is 59.7. The maximum absolute atomic E-state index is 12.2. The third-order valence-electron chi connectivity index (χ3n) is 6.21. The molecule has 12 nitrogen and oxygen atoms in total. The fourth-order valence-corrected chi connectivity index (χ4v) is 4.32. The van der Waals surface area contributed by atoms with Crippen molar-refractivity contribution in [3.05, 3.63) is 151 Å². The van der Waals surface area contributed by atoms with Gasteiger partial charge in [0, 0.05) is 35.7 Å². The van der Waals surface area contributed by atoms with Gasteiger partial charge in [0.25, 0.3) is 29.1 Å². The fraction of sp³-hybridized carbons (Fsp3) is 0.0667. The van der Waals surface area contributed by atoms with E-state index in [4.69, 9.17) is 11.6 Å². The molecule has 2 heterocycles. The number of aliphatic imine (C=N–C) groups is 1. The van der Waals surface area contributed by atoms with Crippen molar-refractivity contribution in [1.29, 1.82) is 0 Å². The van der Waals surface area contributed by atoms with E-state index in [1.165, 1.54) is 30.3 Å². The summed E-state index contributed by atoms with van der Waals surface area (Å²) in [5, 5.41) is 31.9. The zero-order valence-electron chi connectivity index (χ0n) is 23.1. The molecular weight excluding hydrogens is 619 g/mol. The van der Waals surface area contributed by atoms with Crippen LogP contribution in [0, 0.1) is 20.2 Å². The van der Waals surface area contributed by atoms with E-state index < -0.39 is 21.7 Å². The van der Waals surface area contributed by atoms with E-state index in [0.717, 1.165) is 10.5 Å². The van der Waals surface area contributed by atoms with Gasteiger partial charge in [-0.2, -0.15) is 0 Å². The molecule has 3 amide bonds. The molecule has 0 radical (unpaired) electrons. The second-order valence-electron chi connectivity index (χ2n) is 9.00. The molecule has 0 saturated heterocycles. The number of hydrogen-bond acceptors (Lipinski definition) is 8. The number of rotatable bonds is 5. The van der Waals surface area contributed by atoms with Crippen molar-refractivity contribution in [2.24, 2.45) is 4.99 Å². The number of nitro groups is 2. The van der Waals surface area contributed by atoms with Gasteiger partial charge in [0.1, 0.15) is 0 Å². The normalized spacial score (nSPS) is 12.4. The van der Waals surface area contributed by atoms with Crippen LogP contribution >= 0.6 is 11.6 Å². The van der Waals surface area contributed by atoms with E-state index in [1.54, 1.807) is 66.7 Å². The maximum Gasteiger partial charge on any atom is 1.00 e. The summed E-state index contributed by atoms with van der Waals surface area (Å²) in [6, 6.07) is 25.4. The Hall–Kier alpha value is -4.11. The number of imide groups is 1. The van der Waals surface area contributed by atoms with Crippen molar-refractivity contribution in [3.8, 4) is 0 Å². The number of non-ortho nitro benzene ring substituents is 2. The van der Waals surface area contributed by atoms with Crippen molar-refractivity contribution in [2.75, 3.05) is 0 Å². The molecule has 2 aliphatic heterocycles. The Morgan fingerprint density at radius 2 is 1.11 bits per heavy atom. The second-order valence-corrected chi connectivity index (χ2v) is 9.26. The molecule has 0 aromatic heterocycles. The number of nitro benzene ring substituents is 2. The Labute approximate surface area is 297 Å². The number of carbonyl (C=O) groups is 3. The molecule has 44 heavy (non-hydrogen) atoms. The Balaban J connectivity index is 0.000000195. The topological polar surface area (TPSA) is 176 Å². The Bertz CT molecular complexity index is 1760. The Morgan fingerprint density at radius 1 is 0.659 bits per heavy atom. The molecule has 0 fully saturated rings. The van der Waals surface area contributed by atoms with Crippen LogP contribution in [-0.2, 0) is 12.4 Å². The van der Waals surface area contributed by atoms with Crippen molar-refractivity contribution in [1.82, 2.24) is 4.90 Å². The first-order valence-electron chi connectivity index (χ1n) is 12.5. The largest absolute Gasteiger partial charge is 1.00 e. The maximum atomic E-state index is 12.2. The van der Waals surface area contributed by atoms with Crippen LogP contribution in [-0.4, -0.2) is 38.4 Å². The zero-order valence-corrected chi connectivity index (χ0v) is 27.0. The molecule has 216 valence electrons. The summed E-state index contributed by atoms with van der Waals surface area (Å²) >= 11 is 5.48. The molecule has 0 saturated carbocycles. The van der Waals surface area contributed by atoms with E-state index in [0.29, 0.717) is 33.7 Å². The quantitative estimate of drug-likeness (QED) is 0.104. The molecule has 4 aromatic rings. The SMILES string of the molecule is O=C1N=C([O-])c2ccccc21.O=C1c2ccccc2C(=O)N1Cc1cccc([N+](=O)[O-])c1.O=[N+]([O-])c1cccc(CCl)c1.[K+]. The van der Waals surface area contributed by atoms with E-state index >= 15 is 0 Å². The van der Waals surface area contributed by atoms with E-state index in [-0.39, 0.29) is 81.1 Å². The predicted octanol–water partition coefficient (Wildman–Crippen LogP) is 1.68. The van der Waals surface area contributed by atoms with Gasteiger partial charge >= 0.3 is 51.4 Å². The van der Waals surface area contributed by atoms with Crippen LogP contribution in [0.5, 0.6) is 0 Å². The third-order valence-corrected chi connectivity index (χ3v) is 6.52. The predicted molar refractivity (Wildman–Crippen MR) is 154 cm³/mol.